The predicted octanol–water partition coefficient (Wildman–Crippen LogP) is 2.68. The van der Waals surface area contributed by atoms with Crippen LogP contribution < -0.4 is 25.5 Å². The average molecular weight is 548 g/mol. The molecule has 1 aromatic heterocycles. The van der Waals surface area contributed by atoms with Crippen molar-refractivity contribution in [3.8, 4) is 17.2 Å². The number of benzene rings is 2. The fraction of sp³-hybridized carbons (Fsp3) is 0.444. The molecule has 1 saturated heterocycles. The molecule has 10 nitrogen and oxygen atoms in total. The quantitative estimate of drug-likeness (QED) is 0.254. The SMILES string of the molecule is COCCOc1cc(Cn2c(=O)c3cc(OCC(F)F)ccc3n(C3CCN(C=O)CC3)c2=O)ccc1OC. The van der Waals surface area contributed by atoms with E-state index in [0.29, 0.717) is 55.1 Å². The molecule has 1 amide bonds. The fourth-order valence-electron chi connectivity index (χ4n) is 4.70. The number of fused-ring (bicyclic) bond motifs is 1. The first kappa shape index (κ1) is 28.1. The number of nitrogens with zero attached hydrogens (tertiary/aromatic N) is 3. The Morgan fingerprint density at radius 2 is 1.77 bits per heavy atom. The number of carbonyl (C=O) groups is 1. The standard InChI is InChI=1S/C27H31F2N3O7/c1-36-11-12-38-24-13-18(3-6-23(24)37-2)15-31-26(34)21-14-20(39-16-25(28)29)4-5-22(21)32(27(31)35)19-7-9-30(17-33)10-8-19/h3-6,13-14,17,19,25H,7-12,15-16H2,1-2H3. The third-order valence-corrected chi connectivity index (χ3v) is 6.64. The first-order valence-electron chi connectivity index (χ1n) is 12.5. The van der Waals surface area contributed by atoms with Crippen molar-refractivity contribution in [1.82, 2.24) is 14.0 Å². The van der Waals surface area contributed by atoms with E-state index in [1.54, 1.807) is 40.8 Å². The number of amides is 1. The lowest BCUT2D eigenvalue weighted by Crippen LogP contribution is -2.44. The number of hydrogen-bond acceptors (Lipinski definition) is 7. The Hall–Kier alpha value is -3.93. The van der Waals surface area contributed by atoms with Gasteiger partial charge in [-0.15, -0.1) is 0 Å². The van der Waals surface area contributed by atoms with Crippen molar-refractivity contribution < 1.29 is 32.5 Å². The van der Waals surface area contributed by atoms with Gasteiger partial charge < -0.3 is 23.8 Å². The summed E-state index contributed by atoms with van der Waals surface area (Å²) in [6.07, 6.45) is -0.851. The maximum Gasteiger partial charge on any atom is 0.332 e. The second kappa shape index (κ2) is 12.7. The summed E-state index contributed by atoms with van der Waals surface area (Å²) in [6.45, 7) is 0.699. The summed E-state index contributed by atoms with van der Waals surface area (Å²) < 4.78 is 49.4. The van der Waals surface area contributed by atoms with Crippen molar-refractivity contribution in [2.75, 3.05) is 47.1 Å². The molecule has 4 rings (SSSR count). The van der Waals surface area contributed by atoms with Gasteiger partial charge in [-0.3, -0.25) is 18.7 Å². The minimum atomic E-state index is -2.68. The van der Waals surface area contributed by atoms with Crippen LogP contribution in [0.3, 0.4) is 0 Å². The third kappa shape index (κ3) is 6.39. The highest BCUT2D eigenvalue weighted by atomic mass is 19.3. The van der Waals surface area contributed by atoms with E-state index in [4.69, 9.17) is 18.9 Å². The van der Waals surface area contributed by atoms with Crippen LogP contribution in [0.2, 0.25) is 0 Å². The largest absolute Gasteiger partial charge is 0.493 e. The first-order chi connectivity index (χ1) is 18.9. The van der Waals surface area contributed by atoms with E-state index >= 15 is 0 Å². The molecule has 0 aliphatic carbocycles. The molecule has 2 aromatic carbocycles. The molecule has 210 valence electrons. The number of methoxy groups -OCH3 is 2. The molecule has 0 atom stereocenters. The van der Waals surface area contributed by atoms with Crippen LogP contribution in [0.25, 0.3) is 10.9 Å². The number of halogens is 2. The Morgan fingerprint density at radius 1 is 1.00 bits per heavy atom. The van der Waals surface area contributed by atoms with Gasteiger partial charge in [-0.1, -0.05) is 6.07 Å². The maximum absolute atomic E-state index is 13.8. The van der Waals surface area contributed by atoms with E-state index in [-0.39, 0.29) is 30.3 Å². The van der Waals surface area contributed by atoms with Gasteiger partial charge in [0.05, 0.1) is 31.2 Å². The molecule has 39 heavy (non-hydrogen) atoms. The van der Waals surface area contributed by atoms with Crippen molar-refractivity contribution >= 4 is 17.3 Å². The van der Waals surface area contributed by atoms with Gasteiger partial charge in [0, 0.05) is 26.2 Å². The van der Waals surface area contributed by atoms with E-state index in [9.17, 15) is 23.2 Å². The second-order valence-electron chi connectivity index (χ2n) is 9.12. The summed E-state index contributed by atoms with van der Waals surface area (Å²) >= 11 is 0. The number of hydrogen-bond donors (Lipinski definition) is 0. The topological polar surface area (TPSA) is 101 Å². The Kier molecular flexibility index (Phi) is 9.18. The van der Waals surface area contributed by atoms with Crippen LogP contribution in [0.4, 0.5) is 8.78 Å². The number of carbonyl (C=O) groups excluding carboxylic acids is 1. The van der Waals surface area contributed by atoms with Crippen molar-refractivity contribution in [2.24, 2.45) is 0 Å². The van der Waals surface area contributed by atoms with E-state index in [2.05, 4.69) is 0 Å². The predicted molar refractivity (Wildman–Crippen MR) is 139 cm³/mol. The van der Waals surface area contributed by atoms with Crippen molar-refractivity contribution in [3.05, 3.63) is 62.8 Å². The summed E-state index contributed by atoms with van der Waals surface area (Å²) in [6, 6.07) is 9.25. The average Bonchev–Trinajstić information content (AvgIpc) is 2.95. The molecule has 12 heteroatoms. The maximum atomic E-state index is 13.8. The van der Waals surface area contributed by atoms with Gasteiger partial charge in [0.2, 0.25) is 6.41 Å². The lowest BCUT2D eigenvalue weighted by Gasteiger charge is -2.31. The number of piperidine rings is 1. The van der Waals surface area contributed by atoms with Gasteiger partial charge in [-0.25, -0.2) is 13.6 Å². The zero-order chi connectivity index (χ0) is 27.9. The molecule has 1 aliphatic heterocycles. The van der Waals surface area contributed by atoms with Gasteiger partial charge in [-0.05, 0) is 48.7 Å². The number of rotatable bonds is 12. The zero-order valence-electron chi connectivity index (χ0n) is 21.8. The number of alkyl halides is 2. The van der Waals surface area contributed by atoms with E-state index < -0.39 is 24.3 Å². The molecule has 2 heterocycles. The zero-order valence-corrected chi connectivity index (χ0v) is 21.8. The van der Waals surface area contributed by atoms with Crippen LogP contribution in [0.5, 0.6) is 17.2 Å². The van der Waals surface area contributed by atoms with E-state index in [0.717, 1.165) is 11.0 Å². The van der Waals surface area contributed by atoms with E-state index in [1.165, 1.54) is 19.2 Å². The van der Waals surface area contributed by atoms with Crippen LogP contribution >= 0.6 is 0 Å². The Bertz CT molecular complexity index is 1410. The van der Waals surface area contributed by atoms with Crippen LogP contribution in [-0.4, -0.2) is 74.0 Å². The Labute approximate surface area is 223 Å². The first-order valence-corrected chi connectivity index (χ1v) is 12.5. The number of likely N-dealkylation sites (tertiary alicyclic amines) is 1. The molecule has 0 spiro atoms. The van der Waals surface area contributed by atoms with E-state index in [1.807, 2.05) is 0 Å². The third-order valence-electron chi connectivity index (χ3n) is 6.64. The van der Waals surface area contributed by atoms with Gasteiger partial charge in [0.1, 0.15) is 19.0 Å². The molecule has 0 bridgehead atoms. The smallest absolute Gasteiger partial charge is 0.332 e. The normalized spacial score (nSPS) is 14.1. The summed E-state index contributed by atoms with van der Waals surface area (Å²) in [7, 11) is 3.06. The van der Waals surface area contributed by atoms with Crippen molar-refractivity contribution in [3.63, 3.8) is 0 Å². The molecule has 1 fully saturated rings. The lowest BCUT2D eigenvalue weighted by molar-refractivity contribution is -0.119. The Balaban J connectivity index is 1.79. The minimum Gasteiger partial charge on any atom is -0.493 e. The van der Waals surface area contributed by atoms with Gasteiger partial charge in [-0.2, -0.15) is 0 Å². The summed E-state index contributed by atoms with van der Waals surface area (Å²) in [5.74, 6) is 1.02. The molecular formula is C27H31F2N3O7. The fourth-order valence-corrected chi connectivity index (χ4v) is 4.70. The molecule has 3 aromatic rings. The highest BCUT2D eigenvalue weighted by Crippen LogP contribution is 2.29. The van der Waals surface area contributed by atoms with Crippen LogP contribution in [0.15, 0.2) is 46.0 Å². The number of aromatic nitrogens is 2. The van der Waals surface area contributed by atoms with Crippen LogP contribution in [0, 0.1) is 0 Å². The van der Waals surface area contributed by atoms with Crippen LogP contribution in [0.1, 0.15) is 24.4 Å². The number of ether oxygens (including phenoxy) is 4. The second-order valence-corrected chi connectivity index (χ2v) is 9.12. The summed E-state index contributed by atoms with van der Waals surface area (Å²) in [5, 5.41) is 0.171. The van der Waals surface area contributed by atoms with Gasteiger partial charge in [0.15, 0.2) is 11.5 Å². The minimum absolute atomic E-state index is 0.0620. The van der Waals surface area contributed by atoms with Gasteiger partial charge >= 0.3 is 5.69 Å². The Morgan fingerprint density at radius 3 is 2.44 bits per heavy atom. The molecule has 0 radical (unpaired) electrons. The van der Waals surface area contributed by atoms with Crippen LogP contribution in [-0.2, 0) is 16.1 Å². The lowest BCUT2D eigenvalue weighted by atomic mass is 10.0. The molecule has 0 N–H and O–H groups in total. The molecule has 0 unspecified atom stereocenters. The monoisotopic (exact) mass is 547 g/mol. The molecule has 0 saturated carbocycles. The molecular weight excluding hydrogens is 516 g/mol. The highest BCUT2D eigenvalue weighted by molar-refractivity contribution is 5.80. The van der Waals surface area contributed by atoms with Crippen molar-refractivity contribution in [2.45, 2.75) is 31.9 Å². The van der Waals surface area contributed by atoms with Gasteiger partial charge in [0.25, 0.3) is 12.0 Å². The van der Waals surface area contributed by atoms with Crippen molar-refractivity contribution in [1.29, 1.82) is 0 Å². The summed E-state index contributed by atoms with van der Waals surface area (Å²) in [4.78, 5) is 40.3. The molecule has 1 aliphatic rings. The summed E-state index contributed by atoms with van der Waals surface area (Å²) in [5.41, 5.74) is -0.0737. The highest BCUT2D eigenvalue weighted by Gasteiger charge is 2.25.